The molecule has 0 fully saturated rings. The number of ether oxygens (including phenoxy) is 1. The summed E-state index contributed by atoms with van der Waals surface area (Å²) >= 11 is 0. The van der Waals surface area contributed by atoms with Gasteiger partial charge in [0.05, 0.1) is 29.6 Å². The van der Waals surface area contributed by atoms with E-state index in [4.69, 9.17) is 4.74 Å². The highest BCUT2D eigenvalue weighted by atomic mass is 16.6. The minimum absolute atomic E-state index is 0.137. The second-order valence-electron chi connectivity index (χ2n) is 5.48. The maximum atomic E-state index is 12.3. The lowest BCUT2D eigenvalue weighted by Crippen LogP contribution is -2.33. The second-order valence-corrected chi connectivity index (χ2v) is 5.48. The first-order valence-corrected chi connectivity index (χ1v) is 7.97. The van der Waals surface area contributed by atoms with Gasteiger partial charge in [0.15, 0.2) is 0 Å². The topological polar surface area (TPSA) is 128 Å². The summed E-state index contributed by atoms with van der Waals surface area (Å²) in [7, 11) is 1.53. The van der Waals surface area contributed by atoms with Crippen LogP contribution in [-0.4, -0.2) is 36.0 Å². The first-order valence-electron chi connectivity index (χ1n) is 7.97. The van der Waals surface area contributed by atoms with E-state index >= 15 is 0 Å². The average Bonchev–Trinajstić information content (AvgIpc) is 2.66. The quantitative estimate of drug-likeness (QED) is 0.555. The molecule has 142 valence electrons. The molecule has 0 saturated heterocycles. The molecule has 2 rings (SSSR count). The molecule has 0 atom stereocenters. The van der Waals surface area contributed by atoms with E-state index in [2.05, 4.69) is 5.32 Å². The summed E-state index contributed by atoms with van der Waals surface area (Å²) < 4.78 is 5.04. The Morgan fingerprint density at radius 3 is 2.30 bits per heavy atom. The number of nitrogens with zero attached hydrogens (tertiary/aromatic N) is 3. The predicted molar refractivity (Wildman–Crippen MR) is 99.3 cm³/mol. The van der Waals surface area contributed by atoms with E-state index in [0.717, 1.165) is 6.07 Å². The van der Waals surface area contributed by atoms with Crippen LogP contribution in [0.15, 0.2) is 42.5 Å². The van der Waals surface area contributed by atoms with Crippen LogP contribution >= 0.6 is 0 Å². The van der Waals surface area contributed by atoms with Crippen molar-refractivity contribution >= 4 is 28.7 Å². The third kappa shape index (κ3) is 4.91. The second kappa shape index (κ2) is 8.61. The van der Waals surface area contributed by atoms with Crippen LogP contribution in [0.1, 0.15) is 6.92 Å². The summed E-state index contributed by atoms with van der Waals surface area (Å²) in [4.78, 5) is 34.5. The van der Waals surface area contributed by atoms with E-state index in [1.54, 1.807) is 31.2 Å². The summed E-state index contributed by atoms with van der Waals surface area (Å²) in [5.41, 5.74) is -0.125. The number of carbonyl (C=O) groups excluding carboxylic acids is 1. The number of anilines is 2. The van der Waals surface area contributed by atoms with Crippen LogP contribution in [0.25, 0.3) is 0 Å². The van der Waals surface area contributed by atoms with Crippen LogP contribution in [0.5, 0.6) is 5.75 Å². The summed E-state index contributed by atoms with van der Waals surface area (Å²) in [6.07, 6.45) is 0. The lowest BCUT2D eigenvalue weighted by Gasteiger charge is -2.22. The van der Waals surface area contributed by atoms with Crippen molar-refractivity contribution in [1.82, 2.24) is 0 Å². The van der Waals surface area contributed by atoms with E-state index in [9.17, 15) is 25.0 Å². The molecular weight excluding hydrogens is 356 g/mol. The third-order valence-corrected chi connectivity index (χ3v) is 3.80. The summed E-state index contributed by atoms with van der Waals surface area (Å²) in [6, 6.07) is 10.1. The Kier molecular flexibility index (Phi) is 6.26. The fraction of sp³-hybridized carbons (Fsp3) is 0.235. The van der Waals surface area contributed by atoms with Crippen LogP contribution in [0.4, 0.5) is 22.7 Å². The molecule has 1 amide bonds. The number of non-ortho nitro benzene ring substituents is 1. The zero-order chi connectivity index (χ0) is 20.0. The van der Waals surface area contributed by atoms with Crippen LogP contribution in [0, 0.1) is 20.2 Å². The van der Waals surface area contributed by atoms with Crippen molar-refractivity contribution in [2.45, 2.75) is 6.92 Å². The largest absolute Gasteiger partial charge is 0.497 e. The van der Waals surface area contributed by atoms with E-state index in [1.165, 1.54) is 24.1 Å². The molecule has 2 aromatic rings. The smallest absolute Gasteiger partial charge is 0.299 e. The molecule has 0 saturated carbocycles. The Bertz CT molecular complexity index is 853. The van der Waals surface area contributed by atoms with Gasteiger partial charge in [-0.2, -0.15) is 0 Å². The SMILES string of the molecule is CCN(CC(=O)Nc1ccc(OC)cc1)c1ccc([N+](=O)[O-])cc1[N+](=O)[O-]. The van der Waals surface area contributed by atoms with Gasteiger partial charge in [-0.1, -0.05) is 0 Å². The van der Waals surface area contributed by atoms with E-state index in [1.807, 2.05) is 0 Å². The monoisotopic (exact) mass is 374 g/mol. The number of nitrogens with one attached hydrogen (secondary N) is 1. The van der Waals surface area contributed by atoms with Gasteiger partial charge in [-0.15, -0.1) is 0 Å². The van der Waals surface area contributed by atoms with Crippen LogP contribution in [0.3, 0.4) is 0 Å². The van der Waals surface area contributed by atoms with E-state index in [0.29, 0.717) is 18.0 Å². The summed E-state index contributed by atoms with van der Waals surface area (Å²) in [5.74, 6) is 0.263. The lowest BCUT2D eigenvalue weighted by molar-refractivity contribution is -0.393. The Morgan fingerprint density at radius 2 is 1.78 bits per heavy atom. The average molecular weight is 374 g/mol. The molecule has 10 heteroatoms. The van der Waals surface area contributed by atoms with Crippen molar-refractivity contribution in [1.29, 1.82) is 0 Å². The number of likely N-dealkylation sites (N-methyl/N-ethyl adjacent to an activating group) is 1. The molecule has 2 aromatic carbocycles. The molecule has 0 radical (unpaired) electrons. The highest BCUT2D eigenvalue weighted by Crippen LogP contribution is 2.32. The molecule has 10 nitrogen and oxygen atoms in total. The first kappa shape index (κ1) is 19.6. The molecule has 0 aromatic heterocycles. The number of nitro benzene ring substituents is 2. The zero-order valence-electron chi connectivity index (χ0n) is 14.7. The highest BCUT2D eigenvalue weighted by Gasteiger charge is 2.24. The van der Waals surface area contributed by atoms with Gasteiger partial charge in [0, 0.05) is 18.3 Å². The van der Waals surface area contributed by atoms with Gasteiger partial charge in [0.25, 0.3) is 11.4 Å². The van der Waals surface area contributed by atoms with Crippen molar-refractivity contribution in [2.75, 3.05) is 30.4 Å². The molecule has 0 unspecified atom stereocenters. The Hall–Kier alpha value is -3.69. The third-order valence-electron chi connectivity index (χ3n) is 3.80. The van der Waals surface area contributed by atoms with Crippen molar-refractivity contribution < 1.29 is 19.4 Å². The van der Waals surface area contributed by atoms with E-state index in [-0.39, 0.29) is 23.8 Å². The molecule has 0 aliphatic carbocycles. The minimum atomic E-state index is -0.705. The van der Waals surface area contributed by atoms with Gasteiger partial charge >= 0.3 is 0 Å². The standard InChI is InChI=1S/C17H18N4O6/c1-3-19(11-17(22)18-12-4-7-14(27-2)8-5-12)15-9-6-13(20(23)24)10-16(15)21(25)26/h4-10H,3,11H2,1-2H3,(H,18,22). The van der Waals surface area contributed by atoms with Gasteiger partial charge in [-0.25, -0.2) is 0 Å². The molecule has 0 bridgehead atoms. The van der Waals surface area contributed by atoms with Gasteiger partial charge < -0.3 is 15.0 Å². The Balaban J connectivity index is 2.19. The fourth-order valence-electron chi connectivity index (χ4n) is 2.45. The number of rotatable bonds is 8. The Morgan fingerprint density at radius 1 is 1.11 bits per heavy atom. The molecule has 0 aliphatic heterocycles. The number of amides is 1. The number of nitro groups is 2. The van der Waals surface area contributed by atoms with Gasteiger partial charge in [-0.05, 0) is 37.3 Å². The maximum Gasteiger partial charge on any atom is 0.299 e. The van der Waals surface area contributed by atoms with Gasteiger partial charge in [-0.3, -0.25) is 25.0 Å². The number of carbonyl (C=O) groups is 1. The predicted octanol–water partition coefficient (Wildman–Crippen LogP) is 2.98. The number of benzene rings is 2. The van der Waals surface area contributed by atoms with Gasteiger partial charge in [0.1, 0.15) is 11.4 Å². The molecule has 27 heavy (non-hydrogen) atoms. The highest BCUT2D eigenvalue weighted by molar-refractivity contribution is 5.94. The minimum Gasteiger partial charge on any atom is -0.497 e. The maximum absolute atomic E-state index is 12.3. The number of hydrogen-bond donors (Lipinski definition) is 1. The lowest BCUT2D eigenvalue weighted by atomic mass is 10.2. The molecule has 0 spiro atoms. The molecular formula is C17H18N4O6. The van der Waals surface area contributed by atoms with Crippen molar-refractivity contribution in [3.05, 3.63) is 62.7 Å². The summed E-state index contributed by atoms with van der Waals surface area (Å²) in [5, 5.41) is 24.8. The van der Waals surface area contributed by atoms with Crippen molar-refractivity contribution in [3.63, 3.8) is 0 Å². The number of hydrogen-bond acceptors (Lipinski definition) is 7. The Labute approximate surface area is 154 Å². The van der Waals surface area contributed by atoms with Crippen molar-refractivity contribution in [3.8, 4) is 5.75 Å². The van der Waals surface area contributed by atoms with Crippen LogP contribution in [-0.2, 0) is 4.79 Å². The molecule has 0 heterocycles. The fourth-order valence-corrected chi connectivity index (χ4v) is 2.45. The first-order chi connectivity index (χ1) is 12.8. The normalized spacial score (nSPS) is 10.1. The van der Waals surface area contributed by atoms with Crippen LogP contribution in [0.2, 0.25) is 0 Å². The van der Waals surface area contributed by atoms with E-state index < -0.39 is 15.5 Å². The molecule has 0 aliphatic rings. The van der Waals surface area contributed by atoms with Crippen molar-refractivity contribution in [2.24, 2.45) is 0 Å². The summed E-state index contributed by atoms with van der Waals surface area (Å²) in [6.45, 7) is 1.88. The number of methoxy groups -OCH3 is 1. The van der Waals surface area contributed by atoms with Gasteiger partial charge in [0.2, 0.25) is 5.91 Å². The zero-order valence-corrected chi connectivity index (χ0v) is 14.7. The van der Waals surface area contributed by atoms with Crippen LogP contribution < -0.4 is 15.0 Å². The molecule has 1 N–H and O–H groups in total.